The topological polar surface area (TPSA) is 105 Å². The molecule has 1 saturated heterocycles. The number of carbonyl (C=O) groups is 3. The van der Waals surface area contributed by atoms with Crippen LogP contribution >= 0.6 is 0 Å². The van der Waals surface area contributed by atoms with Crippen LogP contribution in [0.25, 0.3) is 0 Å². The van der Waals surface area contributed by atoms with Gasteiger partial charge in [-0.1, -0.05) is 0 Å². The second-order valence-corrected chi connectivity index (χ2v) is 5.18. The quantitative estimate of drug-likeness (QED) is 0.807. The Morgan fingerprint density at radius 3 is 2.65 bits per heavy atom. The lowest BCUT2D eigenvalue weighted by Gasteiger charge is -2.15. The molecular formula is C15H15N3O5. The lowest BCUT2D eigenvalue weighted by Crippen LogP contribution is -2.45. The van der Waals surface area contributed by atoms with Crippen molar-refractivity contribution in [3.63, 3.8) is 0 Å². The van der Waals surface area contributed by atoms with Crippen LogP contribution in [0.5, 0.6) is 0 Å². The number of nitrogens with one attached hydrogen (secondary N) is 2. The molecule has 8 nitrogen and oxygen atoms in total. The molecule has 1 atom stereocenters. The van der Waals surface area contributed by atoms with Gasteiger partial charge in [-0.2, -0.15) is 0 Å². The summed E-state index contributed by atoms with van der Waals surface area (Å²) in [7, 11) is 0. The van der Waals surface area contributed by atoms with Crippen molar-refractivity contribution in [2.24, 2.45) is 5.92 Å². The zero-order valence-electron chi connectivity index (χ0n) is 12.2. The lowest BCUT2D eigenvalue weighted by molar-refractivity contribution is -0.129. The molecule has 0 radical (unpaired) electrons. The van der Waals surface area contributed by atoms with E-state index in [2.05, 4.69) is 10.9 Å². The third kappa shape index (κ3) is 3.42. The van der Waals surface area contributed by atoms with E-state index in [4.69, 9.17) is 8.83 Å². The second-order valence-electron chi connectivity index (χ2n) is 5.18. The summed E-state index contributed by atoms with van der Waals surface area (Å²) in [5.41, 5.74) is 4.57. The van der Waals surface area contributed by atoms with Crippen LogP contribution in [0.15, 0.2) is 45.6 Å². The predicted molar refractivity (Wildman–Crippen MR) is 76.5 cm³/mol. The van der Waals surface area contributed by atoms with E-state index in [9.17, 15) is 14.4 Å². The van der Waals surface area contributed by atoms with Crippen LogP contribution in [-0.2, 0) is 16.1 Å². The van der Waals surface area contributed by atoms with Crippen LogP contribution in [0.3, 0.4) is 0 Å². The van der Waals surface area contributed by atoms with Crippen LogP contribution in [-0.4, -0.2) is 29.2 Å². The van der Waals surface area contributed by atoms with Crippen molar-refractivity contribution in [3.8, 4) is 0 Å². The number of hydrogen-bond donors (Lipinski definition) is 2. The van der Waals surface area contributed by atoms with Gasteiger partial charge in [0.05, 0.1) is 25.0 Å². The number of rotatable bonds is 4. The zero-order chi connectivity index (χ0) is 16.2. The fraction of sp³-hybridized carbons (Fsp3) is 0.267. The van der Waals surface area contributed by atoms with E-state index in [0.29, 0.717) is 12.3 Å². The molecule has 120 valence electrons. The molecule has 3 amide bonds. The lowest BCUT2D eigenvalue weighted by atomic mass is 10.1. The maximum atomic E-state index is 12.1. The van der Waals surface area contributed by atoms with Gasteiger partial charge in [0.25, 0.3) is 0 Å². The number of likely N-dealkylation sites (tertiary alicyclic amines) is 1. The molecule has 2 N–H and O–H groups in total. The van der Waals surface area contributed by atoms with Gasteiger partial charge in [0, 0.05) is 13.0 Å². The summed E-state index contributed by atoms with van der Waals surface area (Å²) >= 11 is 0. The van der Waals surface area contributed by atoms with Gasteiger partial charge in [0.1, 0.15) is 5.76 Å². The molecule has 23 heavy (non-hydrogen) atoms. The number of hydrazine groups is 1. The summed E-state index contributed by atoms with van der Waals surface area (Å²) in [5.74, 6) is -0.869. The maximum absolute atomic E-state index is 12.1. The largest absolute Gasteiger partial charge is 0.467 e. The molecule has 3 rings (SSSR count). The first-order valence-electron chi connectivity index (χ1n) is 7.07. The van der Waals surface area contributed by atoms with Crippen molar-refractivity contribution < 1.29 is 23.2 Å². The molecule has 8 heteroatoms. The normalized spacial score (nSPS) is 17.3. The van der Waals surface area contributed by atoms with E-state index in [0.717, 1.165) is 0 Å². The van der Waals surface area contributed by atoms with Gasteiger partial charge < -0.3 is 13.7 Å². The maximum Gasteiger partial charge on any atom is 0.305 e. The summed E-state index contributed by atoms with van der Waals surface area (Å²) in [4.78, 5) is 37.2. The summed E-state index contributed by atoms with van der Waals surface area (Å²) in [5, 5.41) is 0. The van der Waals surface area contributed by atoms with Crippen molar-refractivity contribution >= 4 is 17.7 Å². The van der Waals surface area contributed by atoms with Gasteiger partial charge in [-0.15, -0.1) is 0 Å². The van der Waals surface area contributed by atoms with Crippen LogP contribution in [0.2, 0.25) is 0 Å². The molecule has 3 heterocycles. The smallest absolute Gasteiger partial charge is 0.305 e. The SMILES string of the molecule is O=C(NNC(=O)C1CC(=O)N(Cc2ccco2)C1)c1ccco1. The average Bonchev–Trinajstić information content (AvgIpc) is 3.27. The summed E-state index contributed by atoms with van der Waals surface area (Å²) in [6.45, 7) is 0.607. The molecule has 1 aliphatic rings. The first-order chi connectivity index (χ1) is 11.1. The molecule has 2 aromatic rings. The van der Waals surface area contributed by atoms with Crippen LogP contribution < -0.4 is 10.9 Å². The van der Waals surface area contributed by atoms with Gasteiger partial charge in [-0.05, 0) is 24.3 Å². The molecule has 1 fully saturated rings. The third-order valence-corrected chi connectivity index (χ3v) is 3.56. The number of amides is 3. The second kappa shape index (κ2) is 6.39. The molecule has 1 unspecified atom stereocenters. The van der Waals surface area contributed by atoms with Crippen molar-refractivity contribution in [2.45, 2.75) is 13.0 Å². The van der Waals surface area contributed by atoms with Gasteiger partial charge >= 0.3 is 5.91 Å². The van der Waals surface area contributed by atoms with Crippen molar-refractivity contribution in [1.82, 2.24) is 15.8 Å². The Hall–Kier alpha value is -3.03. The van der Waals surface area contributed by atoms with E-state index in [1.165, 1.54) is 18.6 Å². The Morgan fingerprint density at radius 1 is 1.17 bits per heavy atom. The summed E-state index contributed by atoms with van der Waals surface area (Å²) in [6.07, 6.45) is 2.99. The van der Waals surface area contributed by atoms with E-state index in [-0.39, 0.29) is 24.6 Å². The Bertz CT molecular complexity index is 693. The van der Waals surface area contributed by atoms with E-state index in [1.54, 1.807) is 23.1 Å². The Balaban J connectivity index is 1.50. The molecule has 0 aliphatic carbocycles. The average molecular weight is 317 g/mol. The van der Waals surface area contributed by atoms with Crippen molar-refractivity contribution in [2.75, 3.05) is 6.54 Å². The minimum Gasteiger partial charge on any atom is -0.467 e. The number of carbonyl (C=O) groups excluding carboxylic acids is 3. The predicted octanol–water partition coefficient (Wildman–Crippen LogP) is 0.682. The summed E-state index contributed by atoms with van der Waals surface area (Å²) in [6, 6.07) is 6.55. The third-order valence-electron chi connectivity index (χ3n) is 3.56. The molecule has 0 saturated carbocycles. The number of nitrogens with zero attached hydrogens (tertiary/aromatic N) is 1. The highest BCUT2D eigenvalue weighted by molar-refractivity contribution is 5.94. The van der Waals surface area contributed by atoms with E-state index >= 15 is 0 Å². The van der Waals surface area contributed by atoms with Crippen molar-refractivity contribution in [1.29, 1.82) is 0 Å². The standard InChI is InChI=1S/C15H15N3O5/c19-13-7-10(8-18(13)9-11-3-1-5-22-11)14(20)16-17-15(21)12-4-2-6-23-12/h1-6,10H,7-9H2,(H,16,20)(H,17,21). The van der Waals surface area contributed by atoms with Crippen molar-refractivity contribution in [3.05, 3.63) is 48.3 Å². The Morgan fingerprint density at radius 2 is 1.96 bits per heavy atom. The van der Waals surface area contributed by atoms with Gasteiger partial charge in [-0.25, -0.2) is 0 Å². The molecule has 0 spiro atoms. The zero-order valence-corrected chi connectivity index (χ0v) is 12.2. The Kier molecular flexibility index (Phi) is 4.13. The highest BCUT2D eigenvalue weighted by atomic mass is 16.3. The number of furan rings is 2. The fourth-order valence-electron chi connectivity index (χ4n) is 2.38. The van der Waals surface area contributed by atoms with Gasteiger partial charge in [-0.3, -0.25) is 25.2 Å². The Labute approximate surface area is 131 Å². The highest BCUT2D eigenvalue weighted by Crippen LogP contribution is 2.20. The van der Waals surface area contributed by atoms with Crippen LogP contribution in [0.4, 0.5) is 0 Å². The monoisotopic (exact) mass is 317 g/mol. The van der Waals surface area contributed by atoms with Gasteiger partial charge in [0.15, 0.2) is 5.76 Å². The molecule has 0 aromatic carbocycles. The van der Waals surface area contributed by atoms with Crippen LogP contribution in [0, 0.1) is 5.92 Å². The fourth-order valence-corrected chi connectivity index (χ4v) is 2.38. The number of hydrogen-bond acceptors (Lipinski definition) is 5. The van der Waals surface area contributed by atoms with E-state index in [1.807, 2.05) is 0 Å². The molecule has 0 bridgehead atoms. The molecular weight excluding hydrogens is 302 g/mol. The summed E-state index contributed by atoms with van der Waals surface area (Å²) < 4.78 is 10.1. The minimum absolute atomic E-state index is 0.0900. The highest BCUT2D eigenvalue weighted by Gasteiger charge is 2.34. The first kappa shape index (κ1) is 14.9. The first-order valence-corrected chi connectivity index (χ1v) is 7.07. The van der Waals surface area contributed by atoms with Gasteiger partial charge in [0.2, 0.25) is 11.8 Å². The molecule has 2 aromatic heterocycles. The van der Waals surface area contributed by atoms with Crippen LogP contribution in [0.1, 0.15) is 22.7 Å². The minimum atomic E-state index is -0.555. The molecule has 1 aliphatic heterocycles. The van der Waals surface area contributed by atoms with E-state index < -0.39 is 17.7 Å².